The fourth-order valence-electron chi connectivity index (χ4n) is 2.10. The van der Waals surface area contributed by atoms with E-state index in [2.05, 4.69) is 25.9 Å². The molecule has 0 bridgehead atoms. The fourth-order valence-corrected chi connectivity index (χ4v) is 2.10. The molecule has 9 nitrogen and oxygen atoms in total. The molecule has 21 heavy (non-hydrogen) atoms. The van der Waals surface area contributed by atoms with E-state index >= 15 is 0 Å². The van der Waals surface area contributed by atoms with Gasteiger partial charge in [0, 0.05) is 13.1 Å². The summed E-state index contributed by atoms with van der Waals surface area (Å²) in [6, 6.07) is -0.508. The average molecular weight is 294 g/mol. The van der Waals surface area contributed by atoms with Gasteiger partial charge in [0.2, 0.25) is 17.5 Å². The predicted molar refractivity (Wildman–Crippen MR) is 77.1 cm³/mol. The van der Waals surface area contributed by atoms with Crippen LogP contribution >= 0.6 is 0 Å². The lowest BCUT2D eigenvalue weighted by molar-refractivity contribution is -0.383. The number of carbonyl (C=O) groups is 1. The van der Waals surface area contributed by atoms with Crippen LogP contribution in [-0.4, -0.2) is 39.9 Å². The van der Waals surface area contributed by atoms with Gasteiger partial charge in [0.25, 0.3) is 0 Å². The summed E-state index contributed by atoms with van der Waals surface area (Å²) in [4.78, 5) is 30.3. The van der Waals surface area contributed by atoms with Gasteiger partial charge in [-0.15, -0.1) is 0 Å². The molecule has 0 aliphatic carbocycles. The lowest BCUT2D eigenvalue weighted by Gasteiger charge is -2.23. The second kappa shape index (κ2) is 6.82. The van der Waals surface area contributed by atoms with Gasteiger partial charge >= 0.3 is 5.69 Å². The Hall–Kier alpha value is -2.45. The van der Waals surface area contributed by atoms with Crippen molar-refractivity contribution in [2.75, 3.05) is 23.7 Å². The number of hydrogen-bond acceptors (Lipinski definition) is 7. The molecule has 1 unspecified atom stereocenters. The van der Waals surface area contributed by atoms with Crippen LogP contribution in [0.4, 0.5) is 17.3 Å². The second-order valence-corrected chi connectivity index (χ2v) is 4.73. The monoisotopic (exact) mass is 294 g/mol. The number of piperidine rings is 1. The van der Waals surface area contributed by atoms with Crippen LogP contribution in [0, 0.1) is 10.1 Å². The van der Waals surface area contributed by atoms with Crippen LogP contribution in [0.15, 0.2) is 6.33 Å². The number of nitrogens with one attached hydrogen (secondary N) is 3. The van der Waals surface area contributed by atoms with Gasteiger partial charge in [-0.3, -0.25) is 14.9 Å². The molecule has 1 aromatic heterocycles. The Morgan fingerprint density at radius 1 is 1.48 bits per heavy atom. The molecule has 1 fully saturated rings. The molecule has 1 saturated heterocycles. The van der Waals surface area contributed by atoms with Crippen LogP contribution < -0.4 is 16.0 Å². The van der Waals surface area contributed by atoms with Gasteiger partial charge in [-0.2, -0.15) is 0 Å². The lowest BCUT2D eigenvalue weighted by atomic mass is 10.1. The highest BCUT2D eigenvalue weighted by molar-refractivity contribution is 5.86. The standard InChI is InChI=1S/C12H18N6O3/c1-2-5-13-10-9(18(20)21)11(16-7-15-10)17-8-4-3-6-14-12(8)19/h7-8H,2-6H2,1H3,(H,14,19)(H2,13,15,16,17). The maximum atomic E-state index is 11.7. The first kappa shape index (κ1) is 14.9. The summed E-state index contributed by atoms with van der Waals surface area (Å²) in [5.41, 5.74) is -0.232. The van der Waals surface area contributed by atoms with Crippen molar-refractivity contribution in [1.82, 2.24) is 15.3 Å². The van der Waals surface area contributed by atoms with Crippen molar-refractivity contribution in [3.8, 4) is 0 Å². The van der Waals surface area contributed by atoms with E-state index in [4.69, 9.17) is 0 Å². The largest absolute Gasteiger partial charge is 0.364 e. The number of amides is 1. The Bertz CT molecular complexity index is 536. The van der Waals surface area contributed by atoms with Gasteiger partial charge in [0.15, 0.2) is 0 Å². The lowest BCUT2D eigenvalue weighted by Crippen LogP contribution is -2.44. The van der Waals surface area contributed by atoms with Crippen LogP contribution in [0.3, 0.4) is 0 Å². The Morgan fingerprint density at radius 3 is 2.90 bits per heavy atom. The molecule has 1 amide bonds. The summed E-state index contributed by atoms with van der Waals surface area (Å²) >= 11 is 0. The summed E-state index contributed by atoms with van der Waals surface area (Å²) in [6.45, 7) is 3.15. The van der Waals surface area contributed by atoms with E-state index in [1.165, 1.54) is 6.33 Å². The van der Waals surface area contributed by atoms with E-state index in [-0.39, 0.29) is 23.2 Å². The molecule has 0 spiro atoms. The first-order chi connectivity index (χ1) is 10.1. The van der Waals surface area contributed by atoms with Crippen LogP contribution in [0.1, 0.15) is 26.2 Å². The van der Waals surface area contributed by atoms with E-state index in [1.54, 1.807) is 0 Å². The van der Waals surface area contributed by atoms with Crippen molar-refractivity contribution >= 4 is 23.2 Å². The topological polar surface area (TPSA) is 122 Å². The van der Waals surface area contributed by atoms with Gasteiger partial charge in [0.05, 0.1) is 4.92 Å². The van der Waals surface area contributed by atoms with Crippen molar-refractivity contribution in [3.05, 3.63) is 16.4 Å². The Kier molecular flexibility index (Phi) is 4.85. The number of rotatable bonds is 6. The maximum Gasteiger partial charge on any atom is 0.353 e. The quantitative estimate of drug-likeness (QED) is 0.526. The molecule has 1 aliphatic heterocycles. The predicted octanol–water partition coefficient (Wildman–Crippen LogP) is 0.897. The normalized spacial score (nSPS) is 18.0. The van der Waals surface area contributed by atoms with E-state index in [9.17, 15) is 14.9 Å². The minimum absolute atomic E-state index is 0.0654. The maximum absolute atomic E-state index is 11.7. The average Bonchev–Trinajstić information content (AvgIpc) is 2.47. The number of aromatic nitrogens is 2. The zero-order valence-electron chi connectivity index (χ0n) is 11.8. The Morgan fingerprint density at radius 2 is 2.24 bits per heavy atom. The van der Waals surface area contributed by atoms with E-state index in [0.717, 1.165) is 12.8 Å². The molecule has 2 heterocycles. The molecule has 0 radical (unpaired) electrons. The van der Waals surface area contributed by atoms with Gasteiger partial charge in [0.1, 0.15) is 12.4 Å². The molecule has 0 saturated carbocycles. The van der Waals surface area contributed by atoms with Crippen molar-refractivity contribution < 1.29 is 9.72 Å². The SMILES string of the molecule is CCCNc1ncnc(NC2CCCNC2=O)c1[N+](=O)[O-]. The zero-order valence-corrected chi connectivity index (χ0v) is 11.8. The molecule has 0 aromatic carbocycles. The van der Waals surface area contributed by atoms with Gasteiger partial charge < -0.3 is 16.0 Å². The second-order valence-electron chi connectivity index (χ2n) is 4.73. The van der Waals surface area contributed by atoms with E-state index in [1.807, 2.05) is 6.92 Å². The van der Waals surface area contributed by atoms with Crippen molar-refractivity contribution in [2.24, 2.45) is 0 Å². The molecule has 2 rings (SSSR count). The molecular formula is C12H18N6O3. The van der Waals surface area contributed by atoms with Crippen LogP contribution in [0.5, 0.6) is 0 Å². The third-order valence-corrected chi connectivity index (χ3v) is 3.14. The summed E-state index contributed by atoms with van der Waals surface area (Å²) in [5, 5.41) is 19.7. The van der Waals surface area contributed by atoms with Crippen LogP contribution in [0.25, 0.3) is 0 Å². The smallest absolute Gasteiger partial charge is 0.353 e. The summed E-state index contributed by atoms with van der Waals surface area (Å²) < 4.78 is 0. The Balaban J connectivity index is 2.25. The molecular weight excluding hydrogens is 276 g/mol. The number of hydrogen-bond donors (Lipinski definition) is 3. The van der Waals surface area contributed by atoms with Gasteiger partial charge in [-0.05, 0) is 19.3 Å². The van der Waals surface area contributed by atoms with E-state index in [0.29, 0.717) is 19.5 Å². The van der Waals surface area contributed by atoms with E-state index < -0.39 is 11.0 Å². The molecule has 3 N–H and O–H groups in total. The molecule has 9 heteroatoms. The first-order valence-corrected chi connectivity index (χ1v) is 6.91. The molecule has 114 valence electrons. The number of nitrogens with zero attached hydrogens (tertiary/aromatic N) is 3. The molecule has 1 atom stereocenters. The first-order valence-electron chi connectivity index (χ1n) is 6.91. The molecule has 1 aromatic rings. The highest BCUT2D eigenvalue weighted by Gasteiger charge is 2.28. The summed E-state index contributed by atoms with van der Waals surface area (Å²) in [6.07, 6.45) is 3.50. The number of anilines is 2. The zero-order chi connectivity index (χ0) is 15.2. The van der Waals surface area contributed by atoms with Crippen molar-refractivity contribution in [3.63, 3.8) is 0 Å². The third kappa shape index (κ3) is 3.56. The number of nitro groups is 1. The minimum Gasteiger partial charge on any atom is -0.364 e. The number of carbonyl (C=O) groups excluding carboxylic acids is 1. The summed E-state index contributed by atoms with van der Waals surface area (Å²) in [5.74, 6) is 0.0587. The third-order valence-electron chi connectivity index (χ3n) is 3.14. The summed E-state index contributed by atoms with van der Waals surface area (Å²) in [7, 11) is 0. The van der Waals surface area contributed by atoms with Crippen LogP contribution in [-0.2, 0) is 4.79 Å². The van der Waals surface area contributed by atoms with Crippen molar-refractivity contribution in [2.45, 2.75) is 32.2 Å². The van der Waals surface area contributed by atoms with Crippen molar-refractivity contribution in [1.29, 1.82) is 0 Å². The van der Waals surface area contributed by atoms with Crippen LogP contribution in [0.2, 0.25) is 0 Å². The molecule has 1 aliphatic rings. The van der Waals surface area contributed by atoms with Gasteiger partial charge in [-0.25, -0.2) is 9.97 Å². The minimum atomic E-state index is -0.541. The van der Waals surface area contributed by atoms with Gasteiger partial charge in [-0.1, -0.05) is 6.92 Å². The highest BCUT2D eigenvalue weighted by atomic mass is 16.6. The highest BCUT2D eigenvalue weighted by Crippen LogP contribution is 2.29. The Labute approximate surface area is 121 Å². The fraction of sp³-hybridized carbons (Fsp3) is 0.583.